The summed E-state index contributed by atoms with van der Waals surface area (Å²) < 4.78 is 68.4. The summed E-state index contributed by atoms with van der Waals surface area (Å²) in [7, 11) is -5.59. The maximum atomic E-state index is 12.5. The van der Waals surface area contributed by atoms with Gasteiger partial charge in [-0.2, -0.15) is 21.6 Å². The van der Waals surface area contributed by atoms with E-state index in [2.05, 4.69) is 4.40 Å². The summed E-state index contributed by atoms with van der Waals surface area (Å²) >= 11 is 0. The highest BCUT2D eigenvalue weighted by molar-refractivity contribution is 7.91. The van der Waals surface area contributed by atoms with Crippen molar-refractivity contribution in [2.75, 3.05) is 26.3 Å². The molecule has 1 heterocycles. The van der Waals surface area contributed by atoms with Crippen molar-refractivity contribution in [2.45, 2.75) is 5.51 Å². The summed E-state index contributed by atoms with van der Waals surface area (Å²) in [5, 5.41) is 0. The second kappa shape index (κ2) is 6.02. The number of ether oxygens (including phenoxy) is 1. The molecule has 0 atom stereocenters. The van der Waals surface area contributed by atoms with E-state index < -0.39 is 15.5 Å². The summed E-state index contributed by atoms with van der Waals surface area (Å²) in [4.78, 5) is 1.47. The van der Waals surface area contributed by atoms with Gasteiger partial charge in [0, 0.05) is 18.7 Å². The van der Waals surface area contributed by atoms with Gasteiger partial charge in [0.15, 0.2) is 0 Å². The molecule has 0 saturated carbocycles. The number of amidine groups is 1. The first-order chi connectivity index (χ1) is 9.81. The monoisotopic (exact) mass is 322 g/mol. The standard InChI is InChI=1S/C12H13F3N2O3S/c13-12(14,15)21(18,19)16-11(10-4-2-1-3-5-10)17-6-8-20-9-7-17/h1-5H,6-9H2/b16-11-. The molecule has 0 bridgehead atoms. The van der Waals surface area contributed by atoms with E-state index in [1.165, 1.54) is 17.0 Å². The van der Waals surface area contributed by atoms with Crippen LogP contribution in [0.1, 0.15) is 5.56 Å². The molecular weight excluding hydrogens is 309 g/mol. The van der Waals surface area contributed by atoms with Crippen molar-refractivity contribution < 1.29 is 26.3 Å². The van der Waals surface area contributed by atoms with Gasteiger partial charge in [0.1, 0.15) is 5.84 Å². The van der Waals surface area contributed by atoms with Gasteiger partial charge in [-0.25, -0.2) is 0 Å². The molecule has 0 unspecified atom stereocenters. The second-order valence-corrected chi connectivity index (χ2v) is 5.90. The van der Waals surface area contributed by atoms with E-state index in [0.717, 1.165) is 0 Å². The van der Waals surface area contributed by atoms with Gasteiger partial charge < -0.3 is 9.64 Å². The number of sulfonamides is 1. The Labute approximate surface area is 120 Å². The van der Waals surface area contributed by atoms with Crippen LogP contribution in [0, 0.1) is 0 Å². The predicted molar refractivity (Wildman–Crippen MR) is 70.3 cm³/mol. The van der Waals surface area contributed by atoms with Gasteiger partial charge >= 0.3 is 15.5 Å². The van der Waals surface area contributed by atoms with Crippen LogP contribution in [-0.4, -0.2) is 51.0 Å². The molecule has 1 saturated heterocycles. The van der Waals surface area contributed by atoms with Crippen molar-refractivity contribution in [3.63, 3.8) is 0 Å². The van der Waals surface area contributed by atoms with Crippen molar-refractivity contribution >= 4 is 15.9 Å². The molecule has 0 N–H and O–H groups in total. The highest BCUT2D eigenvalue weighted by atomic mass is 32.2. The van der Waals surface area contributed by atoms with Gasteiger partial charge in [0.2, 0.25) is 0 Å². The van der Waals surface area contributed by atoms with Crippen LogP contribution in [0.4, 0.5) is 13.2 Å². The third-order valence-corrected chi connectivity index (χ3v) is 3.84. The maximum absolute atomic E-state index is 12.5. The number of hydrogen-bond donors (Lipinski definition) is 0. The molecule has 21 heavy (non-hydrogen) atoms. The molecule has 1 aliphatic heterocycles. The Morgan fingerprint density at radius 2 is 1.71 bits per heavy atom. The number of morpholine rings is 1. The number of halogens is 3. The van der Waals surface area contributed by atoms with Crippen LogP contribution in [0.15, 0.2) is 34.7 Å². The summed E-state index contributed by atoms with van der Waals surface area (Å²) in [5.74, 6) is -0.212. The van der Waals surface area contributed by atoms with Crippen molar-refractivity contribution in [3.8, 4) is 0 Å². The summed E-state index contributed by atoms with van der Waals surface area (Å²) in [6.07, 6.45) is 0. The van der Waals surface area contributed by atoms with Gasteiger partial charge in [0.25, 0.3) is 0 Å². The van der Waals surface area contributed by atoms with E-state index in [4.69, 9.17) is 4.74 Å². The lowest BCUT2D eigenvalue weighted by molar-refractivity contribution is -0.0435. The first kappa shape index (κ1) is 15.8. The fourth-order valence-corrected chi connectivity index (χ4v) is 2.37. The minimum atomic E-state index is -5.59. The topological polar surface area (TPSA) is 59.0 Å². The highest BCUT2D eigenvalue weighted by Gasteiger charge is 2.46. The maximum Gasteiger partial charge on any atom is 0.518 e. The molecule has 1 aromatic carbocycles. The molecule has 0 aromatic heterocycles. The number of alkyl halides is 3. The van der Waals surface area contributed by atoms with Crippen LogP contribution in [0.25, 0.3) is 0 Å². The zero-order chi connectivity index (χ0) is 15.5. The molecule has 1 aromatic rings. The molecule has 1 aliphatic rings. The van der Waals surface area contributed by atoms with E-state index in [0.29, 0.717) is 18.8 Å². The van der Waals surface area contributed by atoms with Crippen molar-refractivity contribution in [3.05, 3.63) is 35.9 Å². The molecule has 0 radical (unpaired) electrons. The summed E-state index contributed by atoms with van der Waals surface area (Å²) in [5.41, 5.74) is -5.11. The van der Waals surface area contributed by atoms with Gasteiger partial charge in [-0.15, -0.1) is 4.40 Å². The molecular formula is C12H13F3N2O3S. The molecule has 2 rings (SSSR count). The van der Waals surface area contributed by atoms with E-state index in [1.54, 1.807) is 18.2 Å². The summed E-state index contributed by atoms with van der Waals surface area (Å²) in [6.45, 7) is 1.16. The molecule has 1 fully saturated rings. The molecule has 5 nitrogen and oxygen atoms in total. The lowest BCUT2D eigenvalue weighted by Crippen LogP contribution is -2.42. The molecule has 9 heteroatoms. The Kier molecular flexibility index (Phi) is 4.52. The van der Waals surface area contributed by atoms with E-state index in [-0.39, 0.29) is 18.9 Å². The third-order valence-electron chi connectivity index (χ3n) is 2.84. The molecule has 116 valence electrons. The minimum absolute atomic E-state index is 0.212. The molecule has 0 spiro atoms. The predicted octanol–water partition coefficient (Wildman–Crippen LogP) is 1.61. The minimum Gasteiger partial charge on any atom is -0.378 e. The Balaban J connectivity index is 2.46. The van der Waals surface area contributed by atoms with Crippen molar-refractivity contribution in [1.82, 2.24) is 4.90 Å². The van der Waals surface area contributed by atoms with Crippen LogP contribution < -0.4 is 0 Å². The SMILES string of the molecule is O=S(=O)(/N=C(/c1ccccc1)N1CCOCC1)C(F)(F)F. The smallest absolute Gasteiger partial charge is 0.378 e. The van der Waals surface area contributed by atoms with Crippen LogP contribution in [0.2, 0.25) is 0 Å². The fourth-order valence-electron chi connectivity index (χ4n) is 1.82. The zero-order valence-corrected chi connectivity index (χ0v) is 11.7. The van der Waals surface area contributed by atoms with E-state index in [9.17, 15) is 21.6 Å². The first-order valence-corrected chi connectivity index (χ1v) is 7.54. The van der Waals surface area contributed by atoms with Crippen molar-refractivity contribution in [1.29, 1.82) is 0 Å². The quantitative estimate of drug-likeness (QED) is 0.613. The Hall–Kier alpha value is -1.61. The average molecular weight is 322 g/mol. The Morgan fingerprint density at radius 1 is 1.14 bits per heavy atom. The van der Waals surface area contributed by atoms with E-state index in [1.807, 2.05) is 0 Å². The highest BCUT2D eigenvalue weighted by Crippen LogP contribution is 2.26. The number of benzene rings is 1. The van der Waals surface area contributed by atoms with Crippen LogP contribution in [-0.2, 0) is 14.8 Å². The average Bonchev–Trinajstić information content (AvgIpc) is 2.45. The van der Waals surface area contributed by atoms with Gasteiger partial charge in [0.05, 0.1) is 13.2 Å². The van der Waals surface area contributed by atoms with Gasteiger partial charge in [-0.1, -0.05) is 30.3 Å². The van der Waals surface area contributed by atoms with Crippen LogP contribution in [0.3, 0.4) is 0 Å². The number of hydrogen-bond acceptors (Lipinski definition) is 3. The third kappa shape index (κ3) is 3.73. The zero-order valence-electron chi connectivity index (χ0n) is 10.9. The van der Waals surface area contributed by atoms with Gasteiger partial charge in [-0.3, -0.25) is 0 Å². The Bertz CT molecular complexity index is 608. The fraction of sp³-hybridized carbons (Fsp3) is 0.417. The molecule has 0 amide bonds. The van der Waals surface area contributed by atoms with E-state index >= 15 is 0 Å². The first-order valence-electron chi connectivity index (χ1n) is 6.10. The Morgan fingerprint density at radius 3 is 2.24 bits per heavy atom. The molecule has 0 aliphatic carbocycles. The van der Waals surface area contributed by atoms with Crippen LogP contribution in [0.5, 0.6) is 0 Å². The number of rotatable bonds is 2. The lowest BCUT2D eigenvalue weighted by atomic mass is 10.2. The second-order valence-electron chi connectivity index (χ2n) is 4.30. The largest absolute Gasteiger partial charge is 0.518 e. The summed E-state index contributed by atoms with van der Waals surface area (Å²) in [6, 6.07) is 7.91. The van der Waals surface area contributed by atoms with Gasteiger partial charge in [-0.05, 0) is 0 Å². The lowest BCUT2D eigenvalue weighted by Gasteiger charge is -2.29. The number of nitrogens with zero attached hydrogens (tertiary/aromatic N) is 2. The van der Waals surface area contributed by atoms with Crippen LogP contribution >= 0.6 is 0 Å². The van der Waals surface area contributed by atoms with Crippen molar-refractivity contribution in [2.24, 2.45) is 4.40 Å². The normalized spacial score (nSPS) is 17.9.